The first-order valence-corrected chi connectivity index (χ1v) is 7.52. The number of rotatable bonds is 8. The SMILES string of the molecule is CCCC(CNC(C)C)N(C)Cc1ccc(C)cc1. The fraction of sp³-hybridized carbons (Fsp3) is 0.647. The molecule has 1 rings (SSSR count). The molecule has 0 heterocycles. The summed E-state index contributed by atoms with van der Waals surface area (Å²) in [6.07, 6.45) is 2.49. The minimum Gasteiger partial charge on any atom is -0.313 e. The summed E-state index contributed by atoms with van der Waals surface area (Å²) in [5.74, 6) is 0. The van der Waals surface area contributed by atoms with Crippen molar-refractivity contribution in [2.24, 2.45) is 0 Å². The molecule has 0 bridgehead atoms. The molecule has 1 unspecified atom stereocenters. The van der Waals surface area contributed by atoms with Crippen molar-refractivity contribution in [2.75, 3.05) is 13.6 Å². The quantitative estimate of drug-likeness (QED) is 0.770. The molecular weight excluding hydrogens is 232 g/mol. The molecule has 0 aliphatic rings. The summed E-state index contributed by atoms with van der Waals surface area (Å²) in [7, 11) is 2.24. The van der Waals surface area contributed by atoms with E-state index in [0.717, 1.165) is 13.1 Å². The predicted molar refractivity (Wildman–Crippen MR) is 84.5 cm³/mol. The number of nitrogens with zero attached hydrogens (tertiary/aromatic N) is 1. The van der Waals surface area contributed by atoms with Gasteiger partial charge in [-0.3, -0.25) is 4.90 Å². The molecule has 0 saturated carbocycles. The number of aryl methyl sites for hydroxylation is 1. The van der Waals surface area contributed by atoms with Gasteiger partial charge in [0.15, 0.2) is 0 Å². The van der Waals surface area contributed by atoms with Crippen LogP contribution in [0.15, 0.2) is 24.3 Å². The summed E-state index contributed by atoms with van der Waals surface area (Å²) in [4.78, 5) is 2.48. The Hall–Kier alpha value is -0.860. The predicted octanol–water partition coefficient (Wildman–Crippen LogP) is 3.59. The van der Waals surface area contributed by atoms with Crippen LogP contribution in [0.1, 0.15) is 44.7 Å². The van der Waals surface area contributed by atoms with E-state index in [2.05, 4.69) is 69.2 Å². The van der Waals surface area contributed by atoms with E-state index >= 15 is 0 Å². The molecule has 2 heteroatoms. The van der Waals surface area contributed by atoms with Gasteiger partial charge in [-0.2, -0.15) is 0 Å². The summed E-state index contributed by atoms with van der Waals surface area (Å²) in [5.41, 5.74) is 2.73. The number of benzene rings is 1. The highest BCUT2D eigenvalue weighted by Gasteiger charge is 2.14. The van der Waals surface area contributed by atoms with Crippen LogP contribution in [0.3, 0.4) is 0 Å². The number of nitrogens with one attached hydrogen (secondary N) is 1. The summed E-state index contributed by atoms with van der Waals surface area (Å²) in [6, 6.07) is 10.1. The lowest BCUT2D eigenvalue weighted by Crippen LogP contribution is -2.41. The fourth-order valence-electron chi connectivity index (χ4n) is 2.29. The minimum atomic E-state index is 0.562. The molecule has 0 radical (unpaired) electrons. The molecule has 0 saturated heterocycles. The molecule has 0 amide bonds. The van der Waals surface area contributed by atoms with Crippen LogP contribution in [0.5, 0.6) is 0 Å². The van der Waals surface area contributed by atoms with Crippen LogP contribution < -0.4 is 5.32 Å². The third kappa shape index (κ3) is 6.22. The van der Waals surface area contributed by atoms with Crippen LogP contribution in [0.4, 0.5) is 0 Å². The number of hydrogen-bond acceptors (Lipinski definition) is 2. The molecule has 1 aromatic carbocycles. The Morgan fingerprint density at radius 2 is 1.79 bits per heavy atom. The fourth-order valence-corrected chi connectivity index (χ4v) is 2.29. The highest BCUT2D eigenvalue weighted by atomic mass is 15.1. The smallest absolute Gasteiger partial charge is 0.0234 e. The maximum absolute atomic E-state index is 3.56. The van der Waals surface area contributed by atoms with Gasteiger partial charge in [0.1, 0.15) is 0 Å². The third-order valence-corrected chi connectivity index (χ3v) is 3.56. The van der Waals surface area contributed by atoms with Gasteiger partial charge in [-0.1, -0.05) is 57.0 Å². The molecule has 0 spiro atoms. The second kappa shape index (κ2) is 8.34. The van der Waals surface area contributed by atoms with Crippen molar-refractivity contribution < 1.29 is 0 Å². The van der Waals surface area contributed by atoms with E-state index < -0.39 is 0 Å². The Morgan fingerprint density at radius 1 is 1.16 bits per heavy atom. The van der Waals surface area contributed by atoms with Crippen LogP contribution in [0, 0.1) is 6.92 Å². The average molecular weight is 262 g/mol. The normalized spacial score (nSPS) is 13.2. The van der Waals surface area contributed by atoms with Crippen LogP contribution in [-0.2, 0) is 6.54 Å². The van der Waals surface area contributed by atoms with E-state index in [1.165, 1.54) is 24.0 Å². The molecular formula is C17H30N2. The standard InChI is InChI=1S/C17H30N2/c1-6-7-17(12-18-14(2)3)19(5)13-16-10-8-15(4)9-11-16/h8-11,14,17-18H,6-7,12-13H2,1-5H3. The van der Waals surface area contributed by atoms with Crippen molar-refractivity contribution in [3.8, 4) is 0 Å². The summed E-state index contributed by atoms with van der Waals surface area (Å²) >= 11 is 0. The van der Waals surface area contributed by atoms with Gasteiger partial charge in [-0.25, -0.2) is 0 Å². The van der Waals surface area contributed by atoms with Crippen molar-refractivity contribution in [3.63, 3.8) is 0 Å². The summed E-state index contributed by atoms with van der Waals surface area (Å²) < 4.78 is 0. The van der Waals surface area contributed by atoms with E-state index in [1.807, 2.05) is 0 Å². The zero-order valence-electron chi connectivity index (χ0n) is 13.2. The zero-order chi connectivity index (χ0) is 14.3. The zero-order valence-corrected chi connectivity index (χ0v) is 13.2. The summed E-state index contributed by atoms with van der Waals surface area (Å²) in [5, 5.41) is 3.56. The van der Waals surface area contributed by atoms with Gasteiger partial charge in [0.25, 0.3) is 0 Å². The lowest BCUT2D eigenvalue weighted by Gasteiger charge is -2.29. The van der Waals surface area contributed by atoms with Crippen LogP contribution in [0.2, 0.25) is 0 Å². The average Bonchev–Trinajstić information content (AvgIpc) is 2.37. The number of likely N-dealkylation sites (N-methyl/N-ethyl adjacent to an activating group) is 1. The van der Waals surface area contributed by atoms with Crippen molar-refractivity contribution in [2.45, 2.75) is 59.2 Å². The van der Waals surface area contributed by atoms with Gasteiger partial charge in [-0.15, -0.1) is 0 Å². The van der Waals surface area contributed by atoms with E-state index in [-0.39, 0.29) is 0 Å². The molecule has 2 nitrogen and oxygen atoms in total. The highest BCUT2D eigenvalue weighted by molar-refractivity contribution is 5.21. The van der Waals surface area contributed by atoms with Crippen LogP contribution in [0.25, 0.3) is 0 Å². The topological polar surface area (TPSA) is 15.3 Å². The van der Waals surface area contributed by atoms with E-state index in [4.69, 9.17) is 0 Å². The van der Waals surface area contributed by atoms with Crippen molar-refractivity contribution in [3.05, 3.63) is 35.4 Å². The lowest BCUT2D eigenvalue weighted by molar-refractivity contribution is 0.211. The van der Waals surface area contributed by atoms with Gasteiger partial charge >= 0.3 is 0 Å². The largest absolute Gasteiger partial charge is 0.313 e. The Bertz CT molecular complexity index is 343. The van der Waals surface area contributed by atoms with E-state index in [1.54, 1.807) is 0 Å². The van der Waals surface area contributed by atoms with Crippen LogP contribution in [-0.4, -0.2) is 30.6 Å². The van der Waals surface area contributed by atoms with Crippen molar-refractivity contribution in [1.29, 1.82) is 0 Å². The molecule has 19 heavy (non-hydrogen) atoms. The Morgan fingerprint density at radius 3 is 2.32 bits per heavy atom. The minimum absolute atomic E-state index is 0.562. The molecule has 0 fully saturated rings. The maximum Gasteiger partial charge on any atom is 0.0234 e. The Balaban J connectivity index is 2.55. The molecule has 0 aromatic heterocycles. The molecule has 1 N–H and O–H groups in total. The first kappa shape index (κ1) is 16.2. The molecule has 108 valence electrons. The first-order valence-electron chi connectivity index (χ1n) is 7.52. The Labute approximate surface area is 119 Å². The van der Waals surface area contributed by atoms with Gasteiger partial charge in [0, 0.05) is 25.2 Å². The molecule has 0 aliphatic heterocycles. The molecule has 1 atom stereocenters. The molecule has 0 aliphatic carbocycles. The second-order valence-corrected chi connectivity index (χ2v) is 5.91. The van der Waals surface area contributed by atoms with Crippen LogP contribution >= 0.6 is 0 Å². The second-order valence-electron chi connectivity index (χ2n) is 5.91. The monoisotopic (exact) mass is 262 g/mol. The highest BCUT2D eigenvalue weighted by Crippen LogP contribution is 2.11. The van der Waals surface area contributed by atoms with E-state index in [0.29, 0.717) is 12.1 Å². The van der Waals surface area contributed by atoms with Gasteiger partial charge < -0.3 is 5.32 Å². The van der Waals surface area contributed by atoms with E-state index in [9.17, 15) is 0 Å². The van der Waals surface area contributed by atoms with Gasteiger partial charge in [-0.05, 0) is 26.0 Å². The molecule has 1 aromatic rings. The van der Waals surface area contributed by atoms with Crippen molar-refractivity contribution >= 4 is 0 Å². The third-order valence-electron chi connectivity index (χ3n) is 3.56. The van der Waals surface area contributed by atoms with Gasteiger partial charge in [0.05, 0.1) is 0 Å². The number of hydrogen-bond donors (Lipinski definition) is 1. The van der Waals surface area contributed by atoms with Gasteiger partial charge in [0.2, 0.25) is 0 Å². The maximum atomic E-state index is 3.56. The first-order chi connectivity index (χ1) is 9.02. The van der Waals surface area contributed by atoms with Crippen molar-refractivity contribution in [1.82, 2.24) is 10.2 Å². The Kier molecular flexibility index (Phi) is 7.11. The summed E-state index contributed by atoms with van der Waals surface area (Å²) in [6.45, 7) is 10.9. The lowest BCUT2D eigenvalue weighted by atomic mass is 10.1.